The lowest BCUT2D eigenvalue weighted by Gasteiger charge is -2.37. The summed E-state index contributed by atoms with van der Waals surface area (Å²) in [6.45, 7) is 5.38. The van der Waals surface area contributed by atoms with Gasteiger partial charge < -0.3 is 9.84 Å². The third-order valence-corrected chi connectivity index (χ3v) is 7.54. The maximum Gasteiger partial charge on any atom is 0.282 e. The molecule has 1 N–H and O–H groups in total. The van der Waals surface area contributed by atoms with Crippen LogP contribution in [0.2, 0.25) is 0 Å². The van der Waals surface area contributed by atoms with Crippen molar-refractivity contribution in [1.29, 1.82) is 0 Å². The first-order valence-corrected chi connectivity index (χ1v) is 10.3. The summed E-state index contributed by atoms with van der Waals surface area (Å²) in [6.07, 6.45) is -0.0927. The summed E-state index contributed by atoms with van der Waals surface area (Å²) in [6, 6.07) is 1.86. The van der Waals surface area contributed by atoms with Crippen LogP contribution in [0.25, 0.3) is 0 Å². The van der Waals surface area contributed by atoms with Crippen LogP contribution in [0.3, 0.4) is 0 Å². The van der Waals surface area contributed by atoms with Crippen molar-refractivity contribution >= 4 is 21.5 Å². The molecular weight excluding hydrogens is 336 g/mol. The van der Waals surface area contributed by atoms with E-state index in [2.05, 4.69) is 0 Å². The molecule has 0 radical (unpaired) electrons. The number of rotatable bonds is 4. The van der Waals surface area contributed by atoms with Gasteiger partial charge in [-0.2, -0.15) is 28.4 Å². The van der Waals surface area contributed by atoms with E-state index >= 15 is 0 Å². The van der Waals surface area contributed by atoms with E-state index in [1.54, 1.807) is 15.6 Å². The number of hydrogen-bond donors (Lipinski definition) is 1. The lowest BCUT2D eigenvalue weighted by molar-refractivity contribution is -0.0189. The molecule has 3 heterocycles. The molecule has 2 aliphatic heterocycles. The highest BCUT2D eigenvalue weighted by atomic mass is 32.2. The fraction of sp³-hybridized carbons (Fsp3) is 0.733. The minimum atomic E-state index is -3.53. The van der Waals surface area contributed by atoms with Gasteiger partial charge in [-0.15, -0.1) is 0 Å². The Bertz CT molecular complexity index is 619. The van der Waals surface area contributed by atoms with E-state index in [4.69, 9.17) is 4.74 Å². The molecule has 0 bridgehead atoms. The number of thiophene rings is 1. The zero-order valence-corrected chi connectivity index (χ0v) is 15.1. The van der Waals surface area contributed by atoms with Crippen LogP contribution in [-0.4, -0.2) is 67.1 Å². The molecule has 0 saturated carbocycles. The molecule has 0 aliphatic carbocycles. The summed E-state index contributed by atoms with van der Waals surface area (Å²) in [5.74, 6) is 0.0166. The van der Waals surface area contributed by atoms with Crippen LogP contribution in [0, 0.1) is 5.92 Å². The van der Waals surface area contributed by atoms with E-state index in [1.807, 2.05) is 30.7 Å². The van der Waals surface area contributed by atoms with Crippen molar-refractivity contribution in [2.75, 3.05) is 32.8 Å². The number of hydrogen-bond acceptors (Lipinski definition) is 5. The molecule has 23 heavy (non-hydrogen) atoms. The molecule has 2 aliphatic rings. The molecule has 0 amide bonds. The topological polar surface area (TPSA) is 70.1 Å². The number of aliphatic hydroxyl groups is 1. The van der Waals surface area contributed by atoms with Gasteiger partial charge >= 0.3 is 0 Å². The first-order chi connectivity index (χ1) is 10.9. The van der Waals surface area contributed by atoms with E-state index in [0.717, 1.165) is 5.56 Å². The molecule has 4 atom stereocenters. The summed E-state index contributed by atoms with van der Waals surface area (Å²) in [5, 5.41) is 13.7. The van der Waals surface area contributed by atoms with Crippen molar-refractivity contribution in [3.05, 3.63) is 22.4 Å². The summed E-state index contributed by atoms with van der Waals surface area (Å²) in [7, 11) is -3.53. The molecule has 0 aromatic carbocycles. The molecule has 6 nitrogen and oxygen atoms in total. The highest BCUT2D eigenvalue weighted by molar-refractivity contribution is 7.86. The molecule has 0 unspecified atom stereocenters. The van der Waals surface area contributed by atoms with Crippen LogP contribution in [0.4, 0.5) is 0 Å². The monoisotopic (exact) mass is 360 g/mol. The van der Waals surface area contributed by atoms with Gasteiger partial charge in [0.15, 0.2) is 0 Å². The minimum Gasteiger partial charge on any atom is -0.396 e. The second kappa shape index (κ2) is 6.78. The van der Waals surface area contributed by atoms with E-state index in [1.165, 1.54) is 4.31 Å². The van der Waals surface area contributed by atoms with Gasteiger partial charge in [0.1, 0.15) is 0 Å². The van der Waals surface area contributed by atoms with Gasteiger partial charge in [0, 0.05) is 44.1 Å². The van der Waals surface area contributed by atoms with E-state index in [9.17, 15) is 13.5 Å². The van der Waals surface area contributed by atoms with Crippen LogP contribution >= 0.6 is 11.3 Å². The highest BCUT2D eigenvalue weighted by Gasteiger charge is 2.44. The molecule has 2 saturated heterocycles. The molecule has 8 heteroatoms. The fourth-order valence-electron chi connectivity index (χ4n) is 3.41. The second-order valence-electron chi connectivity index (χ2n) is 6.49. The van der Waals surface area contributed by atoms with Crippen molar-refractivity contribution < 1.29 is 18.3 Å². The zero-order valence-electron chi connectivity index (χ0n) is 13.5. The lowest BCUT2D eigenvalue weighted by Crippen LogP contribution is -2.54. The molecule has 130 valence electrons. The van der Waals surface area contributed by atoms with Crippen LogP contribution in [0.15, 0.2) is 16.8 Å². The average Bonchev–Trinajstić information content (AvgIpc) is 3.17. The number of aliphatic hydroxyl groups excluding tert-OH is 1. The minimum absolute atomic E-state index is 0.00159. The Morgan fingerprint density at radius 3 is 2.78 bits per heavy atom. The summed E-state index contributed by atoms with van der Waals surface area (Å²) >= 11 is 1.60. The van der Waals surface area contributed by atoms with Crippen molar-refractivity contribution in [2.45, 2.75) is 31.9 Å². The summed E-state index contributed by atoms with van der Waals surface area (Å²) in [4.78, 5) is 0. The van der Waals surface area contributed by atoms with Gasteiger partial charge in [0.05, 0.1) is 12.7 Å². The molecule has 3 rings (SSSR count). The van der Waals surface area contributed by atoms with Gasteiger partial charge in [-0.1, -0.05) is 0 Å². The van der Waals surface area contributed by atoms with Gasteiger partial charge in [-0.05, 0) is 36.2 Å². The second-order valence-corrected chi connectivity index (χ2v) is 9.15. The van der Waals surface area contributed by atoms with E-state index in [0.29, 0.717) is 26.2 Å². The SMILES string of the molecule is C[C@@H]1CN(S(=O)(=O)N2C[C@H](CO)[C@H](c3ccsc3)C2)[C@H](C)CO1. The number of morpholine rings is 1. The highest BCUT2D eigenvalue weighted by Crippen LogP contribution is 2.36. The predicted molar refractivity (Wildman–Crippen MR) is 89.7 cm³/mol. The first kappa shape index (κ1) is 17.3. The van der Waals surface area contributed by atoms with Crippen LogP contribution in [0.5, 0.6) is 0 Å². The summed E-state index contributed by atoms with van der Waals surface area (Å²) in [5.41, 5.74) is 1.12. The predicted octanol–water partition coefficient (Wildman–Crippen LogP) is 1.11. The van der Waals surface area contributed by atoms with Crippen molar-refractivity contribution in [3.8, 4) is 0 Å². The molecule has 0 spiro atoms. The normalized spacial score (nSPS) is 34.0. The van der Waals surface area contributed by atoms with Crippen LogP contribution in [-0.2, 0) is 14.9 Å². The van der Waals surface area contributed by atoms with Crippen molar-refractivity contribution in [2.24, 2.45) is 5.92 Å². The quantitative estimate of drug-likeness (QED) is 0.873. The Balaban J connectivity index is 1.81. The Hall–Kier alpha value is -0.510. The molecule has 1 aromatic heterocycles. The van der Waals surface area contributed by atoms with Crippen LogP contribution in [0.1, 0.15) is 25.3 Å². The average molecular weight is 361 g/mol. The largest absolute Gasteiger partial charge is 0.396 e. The Morgan fingerprint density at radius 2 is 2.13 bits per heavy atom. The van der Waals surface area contributed by atoms with Crippen molar-refractivity contribution in [1.82, 2.24) is 8.61 Å². The fourth-order valence-corrected chi connectivity index (χ4v) is 6.08. The maximum absolute atomic E-state index is 13.0. The number of ether oxygens (including phenoxy) is 1. The van der Waals surface area contributed by atoms with E-state index < -0.39 is 10.2 Å². The van der Waals surface area contributed by atoms with Gasteiger partial charge in [-0.3, -0.25) is 0 Å². The van der Waals surface area contributed by atoms with Crippen molar-refractivity contribution in [3.63, 3.8) is 0 Å². The summed E-state index contributed by atoms with van der Waals surface area (Å²) < 4.78 is 34.7. The molecular formula is C15H24N2O4S2. The number of nitrogens with zero attached hydrogens (tertiary/aromatic N) is 2. The van der Waals surface area contributed by atoms with Gasteiger partial charge in [0.2, 0.25) is 0 Å². The van der Waals surface area contributed by atoms with Gasteiger partial charge in [-0.25, -0.2) is 0 Å². The maximum atomic E-state index is 13.0. The van der Waals surface area contributed by atoms with Crippen LogP contribution < -0.4 is 0 Å². The Labute approximate surface area is 141 Å². The third-order valence-electron chi connectivity index (χ3n) is 4.79. The van der Waals surface area contributed by atoms with E-state index in [-0.39, 0.29) is 30.6 Å². The Kier molecular flexibility index (Phi) is 5.10. The molecule has 1 aromatic rings. The smallest absolute Gasteiger partial charge is 0.282 e. The zero-order chi connectivity index (χ0) is 16.6. The third kappa shape index (κ3) is 3.33. The Morgan fingerprint density at radius 1 is 1.35 bits per heavy atom. The lowest BCUT2D eigenvalue weighted by atomic mass is 9.92. The standard InChI is InChI=1S/C15H24N2O4S2/c1-11-9-21-12(2)5-17(11)23(19,20)16-6-14(8-18)15(7-16)13-3-4-22-10-13/h3-4,10-12,14-15,18H,5-9H2,1-2H3/t11-,12-,14-,15+/m1/s1. The van der Waals surface area contributed by atoms with Gasteiger partial charge in [0.25, 0.3) is 10.2 Å². The first-order valence-electron chi connectivity index (χ1n) is 7.95. The molecule has 2 fully saturated rings.